The lowest BCUT2D eigenvalue weighted by atomic mass is 10.1. The molecule has 0 bridgehead atoms. The van der Waals surface area contributed by atoms with Gasteiger partial charge in [-0.1, -0.05) is 0 Å². The van der Waals surface area contributed by atoms with Crippen molar-refractivity contribution in [1.29, 1.82) is 0 Å². The zero-order chi connectivity index (χ0) is 16.0. The summed E-state index contributed by atoms with van der Waals surface area (Å²) < 4.78 is 42.0. The molecule has 0 aliphatic carbocycles. The fraction of sp³-hybridized carbons (Fsp3) is 0.385. The Morgan fingerprint density at radius 3 is 2.29 bits per heavy atom. The Bertz CT molecular complexity index is 500. The van der Waals surface area contributed by atoms with Crippen molar-refractivity contribution in [3.63, 3.8) is 0 Å². The van der Waals surface area contributed by atoms with Crippen molar-refractivity contribution < 1.29 is 27.5 Å². The van der Waals surface area contributed by atoms with Crippen LogP contribution in [0.1, 0.15) is 18.9 Å². The third-order valence-corrected chi connectivity index (χ3v) is 2.53. The number of carbonyl (C=O) groups is 2. The van der Waals surface area contributed by atoms with E-state index in [2.05, 4.69) is 5.32 Å². The van der Waals surface area contributed by atoms with E-state index in [1.54, 1.807) is 6.92 Å². The number of hydrogen-bond donors (Lipinski definition) is 2. The third kappa shape index (κ3) is 5.33. The summed E-state index contributed by atoms with van der Waals surface area (Å²) in [6.45, 7) is 1.71. The maximum Gasteiger partial charge on any atom is 0.416 e. The second kappa shape index (κ2) is 6.96. The highest BCUT2D eigenvalue weighted by molar-refractivity contribution is 5.86. The van der Waals surface area contributed by atoms with E-state index in [1.165, 1.54) is 0 Å². The molecule has 1 atom stereocenters. The van der Waals surface area contributed by atoms with Crippen molar-refractivity contribution in [1.82, 2.24) is 0 Å². The monoisotopic (exact) mass is 304 g/mol. The van der Waals surface area contributed by atoms with E-state index in [0.717, 1.165) is 24.3 Å². The first-order valence-electron chi connectivity index (χ1n) is 6.12. The van der Waals surface area contributed by atoms with E-state index < -0.39 is 29.7 Å². The molecule has 0 heterocycles. The van der Waals surface area contributed by atoms with Gasteiger partial charge in [-0.25, -0.2) is 4.79 Å². The molecule has 8 heteroatoms. The molecular weight excluding hydrogens is 289 g/mol. The first kappa shape index (κ1) is 16.8. The van der Waals surface area contributed by atoms with Gasteiger partial charge in [0.2, 0.25) is 5.91 Å². The van der Waals surface area contributed by atoms with Gasteiger partial charge in [-0.3, -0.25) is 4.79 Å². The second-order valence-electron chi connectivity index (χ2n) is 4.19. The number of amides is 1. The van der Waals surface area contributed by atoms with Crippen LogP contribution in [0, 0.1) is 0 Å². The molecule has 0 saturated heterocycles. The largest absolute Gasteiger partial charge is 0.464 e. The van der Waals surface area contributed by atoms with Gasteiger partial charge < -0.3 is 15.8 Å². The summed E-state index contributed by atoms with van der Waals surface area (Å²) >= 11 is 0. The van der Waals surface area contributed by atoms with Crippen LogP contribution in [0.4, 0.5) is 18.9 Å². The molecule has 0 fully saturated rings. The fourth-order valence-corrected chi connectivity index (χ4v) is 1.59. The molecule has 3 N–H and O–H groups in total. The molecular formula is C13H15F3N2O3. The number of anilines is 1. The summed E-state index contributed by atoms with van der Waals surface area (Å²) in [4.78, 5) is 22.6. The van der Waals surface area contributed by atoms with E-state index in [9.17, 15) is 22.8 Å². The first-order chi connectivity index (χ1) is 9.74. The lowest BCUT2D eigenvalue weighted by molar-refractivity contribution is -0.145. The third-order valence-electron chi connectivity index (χ3n) is 2.53. The molecule has 21 heavy (non-hydrogen) atoms. The lowest BCUT2D eigenvalue weighted by Crippen LogP contribution is -2.35. The number of primary amides is 1. The topological polar surface area (TPSA) is 81.4 Å². The van der Waals surface area contributed by atoms with Gasteiger partial charge in [0.05, 0.1) is 18.6 Å². The quantitative estimate of drug-likeness (QED) is 0.787. The number of rotatable bonds is 6. The minimum Gasteiger partial charge on any atom is -0.464 e. The number of esters is 1. The molecule has 116 valence electrons. The average molecular weight is 304 g/mol. The highest BCUT2D eigenvalue weighted by Crippen LogP contribution is 2.29. The van der Waals surface area contributed by atoms with E-state index in [4.69, 9.17) is 10.5 Å². The fourth-order valence-electron chi connectivity index (χ4n) is 1.59. The molecule has 0 radical (unpaired) electrons. The normalized spacial score (nSPS) is 12.6. The van der Waals surface area contributed by atoms with Crippen LogP contribution in [0.2, 0.25) is 0 Å². The van der Waals surface area contributed by atoms with Crippen LogP contribution in [-0.4, -0.2) is 24.5 Å². The molecule has 1 aromatic rings. The molecule has 0 unspecified atom stereocenters. The zero-order valence-electron chi connectivity index (χ0n) is 11.2. The van der Waals surface area contributed by atoms with Crippen molar-refractivity contribution >= 4 is 17.6 Å². The predicted molar refractivity (Wildman–Crippen MR) is 69.3 cm³/mol. The molecule has 0 spiro atoms. The molecule has 0 aliphatic rings. The maximum absolute atomic E-state index is 12.4. The van der Waals surface area contributed by atoms with Crippen molar-refractivity contribution in [2.75, 3.05) is 11.9 Å². The molecule has 1 amide bonds. The standard InChI is InChI=1S/C13H15F3N2O3/c1-2-21-12(20)10(7-11(17)19)18-9-5-3-8(4-6-9)13(14,15)16/h3-6,10,18H,2,7H2,1H3,(H2,17,19)/t10-/m1/s1. The number of nitrogens with two attached hydrogens (primary N) is 1. The Labute approximate surface area is 119 Å². The molecule has 0 saturated carbocycles. The Hall–Kier alpha value is -2.25. The molecule has 5 nitrogen and oxygen atoms in total. The number of alkyl halides is 3. The Morgan fingerprint density at radius 1 is 1.29 bits per heavy atom. The van der Waals surface area contributed by atoms with Crippen molar-refractivity contribution in [2.24, 2.45) is 5.73 Å². The Balaban J connectivity index is 2.83. The summed E-state index contributed by atoms with van der Waals surface area (Å²) in [5.74, 6) is -1.43. The summed E-state index contributed by atoms with van der Waals surface area (Å²) in [6.07, 6.45) is -4.76. The molecule has 0 aliphatic heterocycles. The number of benzene rings is 1. The average Bonchev–Trinajstić information content (AvgIpc) is 2.37. The van der Waals surface area contributed by atoms with Crippen LogP contribution in [0.25, 0.3) is 0 Å². The van der Waals surface area contributed by atoms with Crippen molar-refractivity contribution in [3.05, 3.63) is 29.8 Å². The van der Waals surface area contributed by atoms with E-state index in [-0.39, 0.29) is 18.7 Å². The van der Waals surface area contributed by atoms with Crippen LogP contribution in [0.5, 0.6) is 0 Å². The van der Waals surface area contributed by atoms with E-state index >= 15 is 0 Å². The summed E-state index contributed by atoms with van der Waals surface area (Å²) in [5, 5.41) is 2.63. The first-order valence-corrected chi connectivity index (χ1v) is 6.12. The Morgan fingerprint density at radius 2 is 1.86 bits per heavy atom. The number of carbonyl (C=O) groups excluding carboxylic acids is 2. The number of ether oxygens (including phenoxy) is 1. The summed E-state index contributed by atoms with van der Waals surface area (Å²) in [6, 6.07) is 3.02. The van der Waals surface area contributed by atoms with Gasteiger partial charge >= 0.3 is 12.1 Å². The Kier molecular flexibility index (Phi) is 5.57. The lowest BCUT2D eigenvalue weighted by Gasteiger charge is -2.17. The van der Waals surface area contributed by atoms with Gasteiger partial charge in [0.15, 0.2) is 0 Å². The van der Waals surface area contributed by atoms with Gasteiger partial charge in [-0.15, -0.1) is 0 Å². The van der Waals surface area contributed by atoms with Crippen LogP contribution in [-0.2, 0) is 20.5 Å². The van der Waals surface area contributed by atoms with Gasteiger partial charge in [0, 0.05) is 5.69 Å². The van der Waals surface area contributed by atoms with Crippen LogP contribution in [0.3, 0.4) is 0 Å². The highest BCUT2D eigenvalue weighted by Gasteiger charge is 2.30. The van der Waals surface area contributed by atoms with Crippen LogP contribution < -0.4 is 11.1 Å². The second-order valence-corrected chi connectivity index (χ2v) is 4.19. The van der Waals surface area contributed by atoms with E-state index in [0.29, 0.717) is 0 Å². The SMILES string of the molecule is CCOC(=O)[C@@H](CC(N)=O)Nc1ccc(C(F)(F)F)cc1. The summed E-state index contributed by atoms with van der Waals surface area (Å²) in [7, 11) is 0. The highest BCUT2D eigenvalue weighted by atomic mass is 19.4. The molecule has 0 aromatic heterocycles. The molecule has 1 aromatic carbocycles. The molecule has 1 rings (SSSR count). The van der Waals surface area contributed by atoms with Gasteiger partial charge in [0.25, 0.3) is 0 Å². The van der Waals surface area contributed by atoms with Gasteiger partial charge in [0.1, 0.15) is 6.04 Å². The van der Waals surface area contributed by atoms with Crippen molar-refractivity contribution in [2.45, 2.75) is 25.6 Å². The summed E-state index contributed by atoms with van der Waals surface area (Å²) in [5.41, 5.74) is 4.47. The zero-order valence-corrected chi connectivity index (χ0v) is 11.2. The van der Waals surface area contributed by atoms with E-state index in [1.807, 2.05) is 0 Å². The minimum atomic E-state index is -4.44. The minimum absolute atomic E-state index is 0.114. The number of halogens is 3. The van der Waals surface area contributed by atoms with Gasteiger partial charge in [-0.05, 0) is 31.2 Å². The van der Waals surface area contributed by atoms with Crippen LogP contribution >= 0.6 is 0 Å². The number of hydrogen-bond acceptors (Lipinski definition) is 4. The maximum atomic E-state index is 12.4. The van der Waals surface area contributed by atoms with Crippen LogP contribution in [0.15, 0.2) is 24.3 Å². The predicted octanol–water partition coefficient (Wildman–Crippen LogP) is 1.92. The van der Waals surface area contributed by atoms with Crippen molar-refractivity contribution in [3.8, 4) is 0 Å². The number of nitrogens with one attached hydrogen (secondary N) is 1. The smallest absolute Gasteiger partial charge is 0.416 e. The van der Waals surface area contributed by atoms with Gasteiger partial charge in [-0.2, -0.15) is 13.2 Å².